The number of nitrogens with zero attached hydrogens (tertiary/aromatic N) is 4. The van der Waals surface area contributed by atoms with Crippen LogP contribution in [-0.4, -0.2) is 20.8 Å². The first kappa shape index (κ1) is 17.1. The molecular formula is C14H11Br2ClN4O. The smallest absolute Gasteiger partial charge is 0.227 e. The monoisotopic (exact) mass is 444 g/mol. The zero-order chi connectivity index (χ0) is 15.0. The minimum atomic E-state index is 0. The second-order valence-corrected chi connectivity index (χ2v) is 5.95. The van der Waals surface area contributed by atoms with E-state index in [1.54, 1.807) is 39.7 Å². The van der Waals surface area contributed by atoms with E-state index in [2.05, 4.69) is 26.2 Å². The third-order valence-corrected chi connectivity index (χ3v) is 3.97. The maximum atomic E-state index is 12.3. The molecule has 0 saturated heterocycles. The number of pyridine rings is 1. The molecule has 0 aliphatic rings. The molecule has 3 rings (SSSR count). The normalized spacial score (nSPS) is 10.5. The number of benzene rings is 1. The average molecular weight is 447 g/mol. The Labute approximate surface area is 150 Å². The number of aromatic nitrogens is 4. The first-order valence-electron chi connectivity index (χ1n) is 6.21. The summed E-state index contributed by atoms with van der Waals surface area (Å²) < 4.78 is 4.32. The number of halogens is 3. The van der Waals surface area contributed by atoms with E-state index >= 15 is 0 Å². The Bertz CT molecular complexity index is 833. The van der Waals surface area contributed by atoms with Crippen LogP contribution in [0, 0.1) is 0 Å². The molecule has 114 valence electrons. The van der Waals surface area contributed by atoms with Gasteiger partial charge in [-0.3, -0.25) is 4.79 Å². The van der Waals surface area contributed by atoms with Gasteiger partial charge in [-0.15, -0.1) is 5.10 Å². The molecule has 0 bridgehead atoms. The Morgan fingerprint density at radius 1 is 1.32 bits per heavy atom. The molecule has 22 heavy (non-hydrogen) atoms. The van der Waals surface area contributed by atoms with E-state index in [4.69, 9.17) is 11.6 Å². The van der Waals surface area contributed by atoms with Gasteiger partial charge in [-0.1, -0.05) is 16.8 Å². The number of rotatable bonds is 3. The Morgan fingerprint density at radius 2 is 2.00 bits per heavy atom. The first-order valence-corrected chi connectivity index (χ1v) is 7.38. The summed E-state index contributed by atoms with van der Waals surface area (Å²) in [5.41, 5.74) is 2.25. The largest absolute Gasteiger partial charge is 1.00 e. The number of hydrogen-bond acceptors (Lipinski definition) is 3. The van der Waals surface area contributed by atoms with Gasteiger partial charge in [0.15, 0.2) is 17.9 Å². The van der Waals surface area contributed by atoms with Gasteiger partial charge in [0.25, 0.3) is 0 Å². The fourth-order valence-electron chi connectivity index (χ4n) is 2.12. The van der Waals surface area contributed by atoms with Gasteiger partial charge >= 0.3 is 0 Å². The highest BCUT2D eigenvalue weighted by Gasteiger charge is 2.17. The van der Waals surface area contributed by atoms with E-state index in [0.29, 0.717) is 10.6 Å². The summed E-state index contributed by atoms with van der Waals surface area (Å²) in [7, 11) is 1.82. The fourth-order valence-corrected chi connectivity index (χ4v) is 2.97. The third-order valence-electron chi connectivity index (χ3n) is 3.14. The summed E-state index contributed by atoms with van der Waals surface area (Å²) in [6.07, 6.45) is 3.65. The van der Waals surface area contributed by atoms with Crippen LogP contribution in [0.25, 0.3) is 11.0 Å². The number of Topliss-reactive ketones (excluding diaryl/α,β-unsaturated/α-hetero) is 1. The van der Waals surface area contributed by atoms with Crippen LogP contribution in [0.15, 0.2) is 41.1 Å². The molecule has 0 unspecified atom stereocenters. The SMILES string of the molecule is Cn1nnc2c[n+](CC(=O)c3ccc(Cl)cc3)cc(Br)c21.[Br-]. The van der Waals surface area contributed by atoms with E-state index in [1.807, 2.05) is 13.2 Å². The van der Waals surface area contributed by atoms with Crippen molar-refractivity contribution >= 4 is 44.3 Å². The molecular weight excluding hydrogens is 435 g/mol. The molecule has 0 atom stereocenters. The van der Waals surface area contributed by atoms with Crippen molar-refractivity contribution in [3.05, 3.63) is 51.7 Å². The highest BCUT2D eigenvalue weighted by atomic mass is 79.9. The van der Waals surface area contributed by atoms with E-state index in [-0.39, 0.29) is 29.3 Å². The van der Waals surface area contributed by atoms with Crippen molar-refractivity contribution in [2.75, 3.05) is 0 Å². The molecule has 0 radical (unpaired) electrons. The minimum absolute atomic E-state index is 0. The zero-order valence-electron chi connectivity index (χ0n) is 11.5. The van der Waals surface area contributed by atoms with Crippen molar-refractivity contribution in [3.8, 4) is 0 Å². The predicted octanol–water partition coefficient (Wildman–Crippen LogP) is -0.441. The lowest BCUT2D eigenvalue weighted by atomic mass is 10.1. The number of aryl methyl sites for hydroxylation is 1. The van der Waals surface area contributed by atoms with Crippen molar-refractivity contribution in [2.24, 2.45) is 7.05 Å². The van der Waals surface area contributed by atoms with E-state index in [9.17, 15) is 4.79 Å². The van der Waals surface area contributed by atoms with Gasteiger partial charge in [0.05, 0.1) is 0 Å². The molecule has 3 aromatic rings. The predicted molar refractivity (Wildman–Crippen MR) is 82.2 cm³/mol. The number of carbonyl (C=O) groups is 1. The van der Waals surface area contributed by atoms with Crippen LogP contribution in [0.1, 0.15) is 10.4 Å². The number of ketones is 1. The average Bonchev–Trinajstić information content (AvgIpc) is 2.81. The molecule has 1 aromatic carbocycles. The quantitative estimate of drug-likeness (QED) is 0.405. The van der Waals surface area contributed by atoms with Crippen LogP contribution in [0.5, 0.6) is 0 Å². The van der Waals surface area contributed by atoms with E-state index < -0.39 is 0 Å². The van der Waals surface area contributed by atoms with Gasteiger partial charge in [-0.2, -0.15) is 4.57 Å². The molecule has 5 nitrogen and oxygen atoms in total. The van der Waals surface area contributed by atoms with Crippen LogP contribution < -0.4 is 21.5 Å². The molecule has 0 aliphatic heterocycles. The van der Waals surface area contributed by atoms with Gasteiger partial charge in [0.2, 0.25) is 12.3 Å². The topological polar surface area (TPSA) is 51.7 Å². The molecule has 0 saturated carbocycles. The molecule has 0 fully saturated rings. The van der Waals surface area contributed by atoms with Gasteiger partial charge < -0.3 is 17.0 Å². The third kappa shape index (κ3) is 3.37. The summed E-state index contributed by atoms with van der Waals surface area (Å²) in [6.45, 7) is 0.229. The lowest BCUT2D eigenvalue weighted by Gasteiger charge is -2.00. The van der Waals surface area contributed by atoms with Crippen LogP contribution in [0.3, 0.4) is 0 Å². The molecule has 0 aliphatic carbocycles. The molecule has 0 amide bonds. The number of carbonyl (C=O) groups excluding carboxylic acids is 1. The van der Waals surface area contributed by atoms with E-state index in [1.165, 1.54) is 0 Å². The Balaban J connectivity index is 0.00000176. The van der Waals surface area contributed by atoms with Gasteiger partial charge in [0, 0.05) is 17.6 Å². The molecule has 2 aromatic heterocycles. The van der Waals surface area contributed by atoms with Crippen LogP contribution >= 0.6 is 27.5 Å². The Hall–Kier alpha value is -1.31. The summed E-state index contributed by atoms with van der Waals surface area (Å²) >= 11 is 9.31. The van der Waals surface area contributed by atoms with Crippen LogP contribution in [0.2, 0.25) is 5.02 Å². The van der Waals surface area contributed by atoms with Crippen molar-refractivity contribution in [3.63, 3.8) is 0 Å². The number of fused-ring (bicyclic) bond motifs is 1. The number of hydrogen-bond donors (Lipinski definition) is 0. The van der Waals surface area contributed by atoms with Crippen molar-refractivity contribution in [2.45, 2.75) is 6.54 Å². The Kier molecular flexibility index (Phi) is 5.31. The molecule has 0 N–H and O–H groups in total. The fraction of sp³-hybridized carbons (Fsp3) is 0.143. The minimum Gasteiger partial charge on any atom is -1.00 e. The van der Waals surface area contributed by atoms with Crippen molar-refractivity contribution < 1.29 is 26.3 Å². The zero-order valence-corrected chi connectivity index (χ0v) is 15.4. The van der Waals surface area contributed by atoms with Crippen molar-refractivity contribution in [1.29, 1.82) is 0 Å². The highest BCUT2D eigenvalue weighted by molar-refractivity contribution is 9.10. The standard InChI is InChI=1S/C14H11BrClN4O.BrH/c1-19-14-11(15)6-20(7-12(14)17-18-19)8-13(21)9-2-4-10(16)5-3-9;/h2-7H,8H2,1H3;1H/q+1;/p-1. The highest BCUT2D eigenvalue weighted by Crippen LogP contribution is 2.19. The lowest BCUT2D eigenvalue weighted by molar-refractivity contribution is -0.682. The van der Waals surface area contributed by atoms with E-state index in [0.717, 1.165) is 15.5 Å². The summed E-state index contributed by atoms with van der Waals surface area (Å²) in [4.78, 5) is 12.3. The van der Waals surface area contributed by atoms with Gasteiger partial charge in [-0.05, 0) is 40.2 Å². The van der Waals surface area contributed by atoms with Crippen molar-refractivity contribution in [1.82, 2.24) is 15.0 Å². The molecule has 8 heteroatoms. The molecule has 2 heterocycles. The molecule has 0 spiro atoms. The van der Waals surface area contributed by atoms with Gasteiger partial charge in [0.1, 0.15) is 9.99 Å². The summed E-state index contributed by atoms with van der Waals surface area (Å²) in [5.74, 6) is 0.00630. The Morgan fingerprint density at radius 3 is 2.68 bits per heavy atom. The van der Waals surface area contributed by atoms with Crippen LogP contribution in [-0.2, 0) is 13.6 Å². The van der Waals surface area contributed by atoms with Gasteiger partial charge in [-0.25, -0.2) is 4.68 Å². The second-order valence-electron chi connectivity index (χ2n) is 4.66. The maximum absolute atomic E-state index is 12.3. The second kappa shape index (κ2) is 6.85. The summed E-state index contributed by atoms with van der Waals surface area (Å²) in [6, 6.07) is 6.87. The lowest BCUT2D eigenvalue weighted by Crippen LogP contribution is -3.00. The maximum Gasteiger partial charge on any atom is 0.227 e. The first-order chi connectivity index (χ1) is 10.0. The summed E-state index contributed by atoms with van der Waals surface area (Å²) in [5, 5.41) is 8.65. The van der Waals surface area contributed by atoms with Crippen LogP contribution in [0.4, 0.5) is 0 Å².